The summed E-state index contributed by atoms with van der Waals surface area (Å²) in [5.41, 5.74) is 0.773. The molecule has 0 bridgehead atoms. The molecular formula is C18H19FN2O4. The van der Waals surface area contributed by atoms with Crippen LogP contribution in [0.25, 0.3) is 0 Å². The molecule has 2 N–H and O–H groups in total. The molecule has 132 valence electrons. The third-order valence-electron chi connectivity index (χ3n) is 3.45. The fourth-order valence-corrected chi connectivity index (χ4v) is 2.13. The van der Waals surface area contributed by atoms with Gasteiger partial charge in [0, 0.05) is 24.2 Å². The minimum Gasteiger partial charge on any atom is -0.493 e. The maximum Gasteiger partial charge on any atom is 0.251 e. The lowest BCUT2D eigenvalue weighted by molar-refractivity contribution is 0.0927. The van der Waals surface area contributed by atoms with Crippen molar-refractivity contribution in [3.63, 3.8) is 0 Å². The smallest absolute Gasteiger partial charge is 0.251 e. The quantitative estimate of drug-likeness (QED) is 0.752. The van der Waals surface area contributed by atoms with Crippen molar-refractivity contribution in [2.75, 3.05) is 27.3 Å². The van der Waals surface area contributed by atoms with Crippen molar-refractivity contribution in [3.8, 4) is 11.5 Å². The van der Waals surface area contributed by atoms with E-state index in [4.69, 9.17) is 9.47 Å². The number of carbonyl (C=O) groups excluding carboxylic acids is 2. The highest BCUT2D eigenvalue weighted by Crippen LogP contribution is 2.27. The minimum atomic E-state index is -0.404. The maximum atomic E-state index is 12.8. The molecule has 2 aromatic rings. The lowest BCUT2D eigenvalue weighted by Crippen LogP contribution is -2.34. The first-order chi connectivity index (χ1) is 12.0. The van der Waals surface area contributed by atoms with Crippen molar-refractivity contribution in [1.29, 1.82) is 0 Å². The molecule has 0 aliphatic carbocycles. The largest absolute Gasteiger partial charge is 0.493 e. The van der Waals surface area contributed by atoms with Crippen LogP contribution in [0, 0.1) is 5.82 Å². The van der Waals surface area contributed by atoms with Gasteiger partial charge in [-0.25, -0.2) is 4.39 Å². The second-order valence-electron chi connectivity index (χ2n) is 5.09. The zero-order chi connectivity index (χ0) is 18.2. The van der Waals surface area contributed by atoms with E-state index in [1.165, 1.54) is 38.5 Å². The predicted molar refractivity (Wildman–Crippen MR) is 90.6 cm³/mol. The molecule has 6 nitrogen and oxygen atoms in total. The van der Waals surface area contributed by atoms with E-state index in [9.17, 15) is 14.0 Å². The van der Waals surface area contributed by atoms with E-state index in [1.54, 1.807) is 18.2 Å². The average Bonchev–Trinajstić information content (AvgIpc) is 2.64. The first-order valence-corrected chi connectivity index (χ1v) is 7.59. The number of hydrogen-bond donors (Lipinski definition) is 2. The predicted octanol–water partition coefficient (Wildman–Crippen LogP) is 2.00. The first kappa shape index (κ1) is 18.3. The Labute approximate surface area is 144 Å². The molecule has 2 rings (SSSR count). The minimum absolute atomic E-state index is 0.245. The summed E-state index contributed by atoms with van der Waals surface area (Å²) in [4.78, 5) is 24.0. The zero-order valence-corrected chi connectivity index (χ0v) is 14.0. The molecule has 0 heterocycles. The van der Waals surface area contributed by atoms with Gasteiger partial charge in [0.25, 0.3) is 11.8 Å². The van der Waals surface area contributed by atoms with Crippen molar-refractivity contribution < 1.29 is 23.5 Å². The fourth-order valence-electron chi connectivity index (χ4n) is 2.13. The van der Waals surface area contributed by atoms with Crippen LogP contribution in [0.5, 0.6) is 11.5 Å². The van der Waals surface area contributed by atoms with Gasteiger partial charge in [0.1, 0.15) is 5.82 Å². The van der Waals surface area contributed by atoms with Crippen LogP contribution in [0.4, 0.5) is 4.39 Å². The summed E-state index contributed by atoms with van der Waals surface area (Å²) < 4.78 is 23.1. The number of rotatable bonds is 7. The van der Waals surface area contributed by atoms with Crippen LogP contribution >= 0.6 is 0 Å². The SMILES string of the molecule is COc1ccc(C(=O)NCCNC(=O)c2ccc(F)cc2)cc1OC. The number of nitrogens with one attached hydrogen (secondary N) is 2. The van der Waals surface area contributed by atoms with Crippen LogP contribution in [0.2, 0.25) is 0 Å². The van der Waals surface area contributed by atoms with E-state index in [0.717, 1.165) is 0 Å². The number of carbonyl (C=O) groups is 2. The summed E-state index contributed by atoms with van der Waals surface area (Å²) in [5, 5.41) is 5.34. The van der Waals surface area contributed by atoms with E-state index in [0.29, 0.717) is 22.6 Å². The van der Waals surface area contributed by atoms with Crippen LogP contribution in [0.1, 0.15) is 20.7 Å². The second-order valence-corrected chi connectivity index (χ2v) is 5.09. The Morgan fingerprint density at radius 1 is 0.840 bits per heavy atom. The third kappa shape index (κ3) is 4.94. The van der Waals surface area contributed by atoms with Crippen molar-refractivity contribution in [2.24, 2.45) is 0 Å². The highest BCUT2D eigenvalue weighted by atomic mass is 19.1. The summed E-state index contributed by atoms with van der Waals surface area (Å²) in [6, 6.07) is 10.1. The van der Waals surface area contributed by atoms with Gasteiger partial charge in [-0.2, -0.15) is 0 Å². The van der Waals surface area contributed by atoms with E-state index < -0.39 is 5.82 Å². The standard InChI is InChI=1S/C18H19FN2O4/c1-24-15-8-5-13(11-16(15)25-2)18(23)21-10-9-20-17(22)12-3-6-14(19)7-4-12/h3-8,11H,9-10H2,1-2H3,(H,20,22)(H,21,23). The number of ether oxygens (including phenoxy) is 2. The monoisotopic (exact) mass is 346 g/mol. The Kier molecular flexibility index (Phi) is 6.33. The molecule has 0 unspecified atom stereocenters. The van der Waals surface area contributed by atoms with Gasteiger partial charge in [0.15, 0.2) is 11.5 Å². The molecule has 2 aromatic carbocycles. The van der Waals surface area contributed by atoms with Crippen LogP contribution in [0.3, 0.4) is 0 Å². The molecule has 25 heavy (non-hydrogen) atoms. The van der Waals surface area contributed by atoms with E-state index in [2.05, 4.69) is 10.6 Å². The summed E-state index contributed by atoms with van der Waals surface area (Å²) in [5.74, 6) is -0.0403. The van der Waals surface area contributed by atoms with E-state index >= 15 is 0 Å². The molecule has 0 saturated heterocycles. The molecule has 7 heteroatoms. The van der Waals surface area contributed by atoms with Crippen molar-refractivity contribution in [3.05, 3.63) is 59.4 Å². The lowest BCUT2D eigenvalue weighted by atomic mass is 10.2. The highest BCUT2D eigenvalue weighted by Gasteiger charge is 2.10. The number of halogens is 1. The molecule has 0 aromatic heterocycles. The number of benzene rings is 2. The molecule has 0 aliphatic heterocycles. The van der Waals surface area contributed by atoms with Gasteiger partial charge in [-0.15, -0.1) is 0 Å². The molecule has 0 fully saturated rings. The molecule has 0 spiro atoms. The maximum absolute atomic E-state index is 12.8. The van der Waals surface area contributed by atoms with Crippen molar-refractivity contribution in [2.45, 2.75) is 0 Å². The lowest BCUT2D eigenvalue weighted by Gasteiger charge is -2.10. The first-order valence-electron chi connectivity index (χ1n) is 7.59. The number of hydrogen-bond acceptors (Lipinski definition) is 4. The van der Waals surface area contributed by atoms with Crippen LogP contribution < -0.4 is 20.1 Å². The van der Waals surface area contributed by atoms with Gasteiger partial charge in [0.05, 0.1) is 14.2 Å². The van der Waals surface area contributed by atoms with Crippen LogP contribution in [-0.4, -0.2) is 39.1 Å². The second kappa shape index (κ2) is 8.68. The summed E-state index contributed by atoms with van der Waals surface area (Å²) in [7, 11) is 3.01. The molecule has 2 amide bonds. The Bertz CT molecular complexity index is 747. The molecule has 0 atom stereocenters. The average molecular weight is 346 g/mol. The fraction of sp³-hybridized carbons (Fsp3) is 0.222. The zero-order valence-electron chi connectivity index (χ0n) is 14.0. The van der Waals surface area contributed by atoms with Crippen molar-refractivity contribution >= 4 is 11.8 Å². The number of methoxy groups -OCH3 is 2. The molecule has 0 radical (unpaired) electrons. The Morgan fingerprint density at radius 2 is 1.36 bits per heavy atom. The Balaban J connectivity index is 1.82. The van der Waals surface area contributed by atoms with Crippen molar-refractivity contribution in [1.82, 2.24) is 10.6 Å². The van der Waals surface area contributed by atoms with E-state index in [-0.39, 0.29) is 24.9 Å². The summed E-state index contributed by atoms with van der Waals surface area (Å²) in [6.45, 7) is 0.495. The van der Waals surface area contributed by atoms with E-state index in [1.807, 2.05) is 0 Å². The van der Waals surface area contributed by atoms with Crippen LogP contribution in [0.15, 0.2) is 42.5 Å². The van der Waals surface area contributed by atoms with Crippen LogP contribution in [-0.2, 0) is 0 Å². The van der Waals surface area contributed by atoms with Gasteiger partial charge in [0.2, 0.25) is 0 Å². The third-order valence-corrected chi connectivity index (χ3v) is 3.45. The topological polar surface area (TPSA) is 76.7 Å². The molecule has 0 saturated carbocycles. The number of amides is 2. The highest BCUT2D eigenvalue weighted by molar-refractivity contribution is 5.95. The summed E-state index contributed by atoms with van der Waals surface area (Å²) >= 11 is 0. The molecule has 0 aliphatic rings. The molecular weight excluding hydrogens is 327 g/mol. The van der Waals surface area contributed by atoms with Gasteiger partial charge in [-0.1, -0.05) is 0 Å². The van der Waals surface area contributed by atoms with Gasteiger partial charge < -0.3 is 20.1 Å². The van der Waals surface area contributed by atoms with Gasteiger partial charge >= 0.3 is 0 Å². The Hall–Kier alpha value is -3.09. The Morgan fingerprint density at radius 3 is 1.92 bits per heavy atom. The normalized spacial score (nSPS) is 10.0. The summed E-state index contributed by atoms with van der Waals surface area (Å²) in [6.07, 6.45) is 0. The van der Waals surface area contributed by atoms with Gasteiger partial charge in [-0.05, 0) is 42.5 Å². The van der Waals surface area contributed by atoms with Gasteiger partial charge in [-0.3, -0.25) is 9.59 Å².